The van der Waals surface area contributed by atoms with Crippen molar-refractivity contribution in [1.82, 2.24) is 14.8 Å². The second-order valence-corrected chi connectivity index (χ2v) is 8.12. The number of aromatic amines is 1. The first-order valence-corrected chi connectivity index (χ1v) is 10.1. The van der Waals surface area contributed by atoms with Crippen LogP contribution in [0, 0.1) is 9.62 Å². The predicted molar refractivity (Wildman–Crippen MR) is 111 cm³/mol. The number of nitrogens with one attached hydrogen (secondary N) is 1. The number of likely N-dealkylation sites (N-methyl/N-ethyl adjacent to an activating group) is 1. The molecule has 1 N–H and O–H groups in total. The van der Waals surface area contributed by atoms with Crippen molar-refractivity contribution in [1.29, 1.82) is 0 Å². The van der Waals surface area contributed by atoms with Gasteiger partial charge >= 0.3 is 0 Å². The molecular weight excluding hydrogens is 423 g/mol. The molecule has 25 heavy (non-hydrogen) atoms. The van der Waals surface area contributed by atoms with Gasteiger partial charge < -0.3 is 9.88 Å². The highest BCUT2D eigenvalue weighted by molar-refractivity contribution is 14.1. The topological polar surface area (TPSA) is 39.3 Å². The van der Waals surface area contributed by atoms with Crippen molar-refractivity contribution in [3.8, 4) is 0 Å². The number of aromatic nitrogens is 1. The van der Waals surface area contributed by atoms with Gasteiger partial charge in [-0.3, -0.25) is 9.69 Å². The third-order valence-corrected chi connectivity index (χ3v) is 6.65. The maximum absolute atomic E-state index is 12.9. The maximum Gasteiger partial charge on any atom is 0.230 e. The highest BCUT2D eigenvalue weighted by Crippen LogP contribution is 2.42. The van der Waals surface area contributed by atoms with Gasteiger partial charge in [0.05, 0.1) is 9.62 Å². The quantitative estimate of drug-likeness (QED) is 0.732. The van der Waals surface area contributed by atoms with Gasteiger partial charge in [0.2, 0.25) is 5.91 Å². The Morgan fingerprint density at radius 2 is 2.12 bits per heavy atom. The molecule has 0 spiro atoms. The lowest BCUT2D eigenvalue weighted by Crippen LogP contribution is -2.47. The Labute approximate surface area is 162 Å². The van der Waals surface area contributed by atoms with E-state index in [-0.39, 0.29) is 11.8 Å². The molecule has 2 aliphatic rings. The number of carbonyl (C=O) groups excluding carboxylic acids is 1. The largest absolute Gasteiger partial charge is 0.350 e. The molecule has 0 fully saturated rings. The van der Waals surface area contributed by atoms with E-state index in [4.69, 9.17) is 0 Å². The summed E-state index contributed by atoms with van der Waals surface area (Å²) >= 11 is 2.41. The third-order valence-electron chi connectivity index (χ3n) is 5.73. The number of hydrogen-bond donors (Lipinski definition) is 1. The average Bonchev–Trinajstić information content (AvgIpc) is 2.93. The van der Waals surface area contributed by atoms with Crippen LogP contribution >= 0.6 is 22.6 Å². The standard InChI is InChI=1S/C20H24IN3O/c1-4-24(5-2)20(25)12-9-14-13-7-6-8-16-18(13)15(19(21)22-16)10-17(14)23(3)11-12/h6-9,12,17,22H,4-5,10-11H2,1-3H3/t12?,17-/m1/s1/i21-2. The summed E-state index contributed by atoms with van der Waals surface area (Å²) in [7, 11) is 2.16. The molecule has 5 heteroatoms. The SMILES string of the molecule is CCN(CC)C(=O)C1C=C2c3cccc4[nH]c([125I])c(c34)C[C@H]2N(C)C1. The second-order valence-electron chi connectivity index (χ2n) is 7.04. The van der Waals surface area contributed by atoms with Gasteiger partial charge in [-0.1, -0.05) is 18.2 Å². The van der Waals surface area contributed by atoms with Crippen LogP contribution in [0.3, 0.4) is 0 Å². The summed E-state index contributed by atoms with van der Waals surface area (Å²) in [5, 5.41) is 1.35. The third kappa shape index (κ3) is 2.63. The number of amides is 1. The van der Waals surface area contributed by atoms with Crippen LogP contribution in [0.25, 0.3) is 16.5 Å². The summed E-state index contributed by atoms with van der Waals surface area (Å²) in [6.07, 6.45) is 3.27. The summed E-state index contributed by atoms with van der Waals surface area (Å²) < 4.78 is 1.24. The summed E-state index contributed by atoms with van der Waals surface area (Å²) in [5.74, 6) is 0.204. The van der Waals surface area contributed by atoms with Crippen LogP contribution < -0.4 is 0 Å². The van der Waals surface area contributed by atoms with Gasteiger partial charge in [-0.2, -0.15) is 0 Å². The van der Waals surface area contributed by atoms with Crippen molar-refractivity contribution in [3.05, 3.63) is 39.1 Å². The van der Waals surface area contributed by atoms with Gasteiger partial charge in [-0.25, -0.2) is 0 Å². The molecule has 1 aliphatic heterocycles. The minimum atomic E-state index is -0.0500. The van der Waals surface area contributed by atoms with Crippen LogP contribution in [-0.4, -0.2) is 53.4 Å². The van der Waals surface area contributed by atoms with Gasteiger partial charge in [0.1, 0.15) is 0 Å². The number of rotatable bonds is 3. The number of hydrogen-bond acceptors (Lipinski definition) is 2. The lowest BCUT2D eigenvalue weighted by atomic mass is 9.79. The van der Waals surface area contributed by atoms with E-state index in [2.05, 4.69) is 77.6 Å². The zero-order valence-electron chi connectivity index (χ0n) is 15.0. The maximum atomic E-state index is 12.9. The van der Waals surface area contributed by atoms with Crippen molar-refractivity contribution >= 4 is 45.0 Å². The van der Waals surface area contributed by atoms with Crippen molar-refractivity contribution in [2.24, 2.45) is 5.92 Å². The van der Waals surface area contributed by atoms with Crippen LogP contribution in [0.1, 0.15) is 25.0 Å². The molecular formula is C20H24IN3O. The van der Waals surface area contributed by atoms with Crippen LogP contribution in [0.5, 0.6) is 0 Å². The molecule has 1 amide bonds. The molecule has 0 radical (unpaired) electrons. The van der Waals surface area contributed by atoms with Crippen LogP contribution in [0.4, 0.5) is 0 Å². The Morgan fingerprint density at radius 3 is 2.84 bits per heavy atom. The molecule has 0 bridgehead atoms. The van der Waals surface area contributed by atoms with E-state index in [1.165, 1.54) is 31.3 Å². The van der Waals surface area contributed by atoms with Crippen molar-refractivity contribution < 1.29 is 4.79 Å². The molecule has 4 nitrogen and oxygen atoms in total. The van der Waals surface area contributed by atoms with Crippen LogP contribution in [0.15, 0.2) is 24.3 Å². The molecule has 1 aliphatic carbocycles. The molecule has 1 unspecified atom stereocenters. The molecule has 0 saturated carbocycles. The van der Waals surface area contributed by atoms with Crippen molar-refractivity contribution in [3.63, 3.8) is 0 Å². The first kappa shape index (κ1) is 17.1. The van der Waals surface area contributed by atoms with Gasteiger partial charge in [0.25, 0.3) is 0 Å². The fourth-order valence-corrected chi connectivity index (χ4v) is 5.20. The van der Waals surface area contributed by atoms with Gasteiger partial charge in [0.15, 0.2) is 0 Å². The second kappa shape index (κ2) is 6.43. The molecule has 2 aromatic rings. The highest BCUT2D eigenvalue weighted by atomic mass is 125. The normalized spacial score (nSPS) is 22.6. The summed E-state index contributed by atoms with van der Waals surface area (Å²) in [6.45, 7) is 6.46. The van der Waals surface area contributed by atoms with Crippen LogP contribution in [0.2, 0.25) is 0 Å². The first-order valence-electron chi connectivity index (χ1n) is 9.05. The summed E-state index contributed by atoms with van der Waals surface area (Å²) in [5.41, 5.74) is 5.25. The Hall–Kier alpha value is -1.34. The summed E-state index contributed by atoms with van der Waals surface area (Å²) in [4.78, 5) is 20.8. The van der Waals surface area contributed by atoms with E-state index < -0.39 is 0 Å². The number of benzene rings is 1. The first-order chi connectivity index (χ1) is 12.0. The van der Waals surface area contributed by atoms with Gasteiger partial charge in [-0.05, 0) is 72.7 Å². The number of nitrogens with zero attached hydrogens (tertiary/aromatic N) is 2. The predicted octanol–water partition coefficient (Wildman–Crippen LogP) is 3.51. The zero-order valence-corrected chi connectivity index (χ0v) is 17.1. The molecule has 0 saturated heterocycles. The smallest absolute Gasteiger partial charge is 0.230 e. The lowest BCUT2D eigenvalue weighted by Gasteiger charge is -2.40. The summed E-state index contributed by atoms with van der Waals surface area (Å²) in [6, 6.07) is 6.85. The minimum absolute atomic E-state index is 0.0500. The molecule has 2 atom stereocenters. The fourth-order valence-electron chi connectivity index (χ4n) is 4.42. The Kier molecular flexibility index (Phi) is 4.40. The van der Waals surface area contributed by atoms with Gasteiger partial charge in [-0.15, -0.1) is 0 Å². The zero-order chi connectivity index (χ0) is 17.7. The molecule has 132 valence electrons. The molecule has 1 aromatic carbocycles. The van der Waals surface area contributed by atoms with Gasteiger partial charge in [0, 0.05) is 36.6 Å². The average molecular weight is 447 g/mol. The Morgan fingerprint density at radius 1 is 1.36 bits per heavy atom. The minimum Gasteiger partial charge on any atom is -0.350 e. The monoisotopic (exact) mass is 447 g/mol. The van der Waals surface area contributed by atoms with Crippen molar-refractivity contribution in [2.75, 3.05) is 26.7 Å². The van der Waals surface area contributed by atoms with Crippen molar-refractivity contribution in [2.45, 2.75) is 26.3 Å². The van der Waals surface area contributed by atoms with E-state index in [9.17, 15) is 4.79 Å². The number of halogens is 1. The van der Waals surface area contributed by atoms with Crippen LogP contribution in [-0.2, 0) is 11.2 Å². The van der Waals surface area contributed by atoms with E-state index >= 15 is 0 Å². The fraction of sp³-hybridized carbons (Fsp3) is 0.450. The Bertz CT molecular complexity index is 865. The molecule has 1 aromatic heterocycles. The lowest BCUT2D eigenvalue weighted by molar-refractivity contribution is -0.134. The number of H-pyrrole nitrogens is 1. The highest BCUT2D eigenvalue weighted by Gasteiger charge is 2.37. The molecule has 2 heterocycles. The van der Waals surface area contributed by atoms with E-state index in [0.717, 1.165) is 26.1 Å². The Balaban J connectivity index is 1.83. The van der Waals surface area contributed by atoms with E-state index in [0.29, 0.717) is 6.04 Å². The number of carbonyl (C=O) groups is 1. The van der Waals surface area contributed by atoms with E-state index in [1.54, 1.807) is 0 Å². The molecule has 4 rings (SSSR count). The number of fused-ring (bicyclic) bond motifs is 2. The van der Waals surface area contributed by atoms with E-state index in [1.807, 2.05) is 4.90 Å².